The van der Waals surface area contributed by atoms with Crippen molar-refractivity contribution in [3.8, 4) is 0 Å². The van der Waals surface area contributed by atoms with Crippen molar-refractivity contribution < 1.29 is 0 Å². The SMILES string of the molecule is CCN1CCN(C[C@H]2CCN(C(C)C)C2)CC1. The molecule has 2 aliphatic rings. The van der Waals surface area contributed by atoms with Gasteiger partial charge >= 0.3 is 0 Å². The molecule has 2 heterocycles. The van der Waals surface area contributed by atoms with E-state index in [-0.39, 0.29) is 0 Å². The fourth-order valence-electron chi connectivity index (χ4n) is 3.13. The summed E-state index contributed by atoms with van der Waals surface area (Å²) in [7, 11) is 0. The highest BCUT2D eigenvalue weighted by molar-refractivity contribution is 4.81. The maximum atomic E-state index is 2.68. The van der Waals surface area contributed by atoms with Crippen molar-refractivity contribution in [2.24, 2.45) is 5.92 Å². The predicted molar refractivity (Wildman–Crippen MR) is 73.4 cm³/mol. The molecular formula is C14H29N3. The van der Waals surface area contributed by atoms with Crippen molar-refractivity contribution in [3.05, 3.63) is 0 Å². The normalized spacial score (nSPS) is 29.3. The number of hydrogen-bond acceptors (Lipinski definition) is 3. The minimum absolute atomic E-state index is 0.733. The van der Waals surface area contributed by atoms with Gasteiger partial charge in [0.15, 0.2) is 0 Å². The summed E-state index contributed by atoms with van der Waals surface area (Å²) in [5.74, 6) is 0.922. The summed E-state index contributed by atoms with van der Waals surface area (Å²) < 4.78 is 0. The van der Waals surface area contributed by atoms with Gasteiger partial charge in [0.1, 0.15) is 0 Å². The van der Waals surface area contributed by atoms with E-state index < -0.39 is 0 Å². The Morgan fingerprint density at radius 3 is 2.18 bits per heavy atom. The molecule has 0 N–H and O–H groups in total. The molecule has 0 saturated carbocycles. The lowest BCUT2D eigenvalue weighted by atomic mass is 10.1. The molecule has 2 fully saturated rings. The zero-order valence-electron chi connectivity index (χ0n) is 11.9. The second-order valence-corrected chi connectivity index (χ2v) is 5.98. The van der Waals surface area contributed by atoms with Crippen LogP contribution in [0.2, 0.25) is 0 Å². The van der Waals surface area contributed by atoms with E-state index in [2.05, 4.69) is 35.5 Å². The molecule has 0 aromatic heterocycles. The number of likely N-dealkylation sites (tertiary alicyclic amines) is 1. The average Bonchev–Trinajstić information content (AvgIpc) is 2.79. The lowest BCUT2D eigenvalue weighted by Gasteiger charge is -2.35. The van der Waals surface area contributed by atoms with Crippen molar-refractivity contribution >= 4 is 0 Å². The number of nitrogens with zero attached hydrogens (tertiary/aromatic N) is 3. The lowest BCUT2D eigenvalue weighted by molar-refractivity contribution is 0.121. The van der Waals surface area contributed by atoms with Crippen molar-refractivity contribution in [1.29, 1.82) is 0 Å². The van der Waals surface area contributed by atoms with Crippen molar-refractivity contribution in [2.45, 2.75) is 33.2 Å². The molecule has 2 aliphatic heterocycles. The topological polar surface area (TPSA) is 9.72 Å². The van der Waals surface area contributed by atoms with Gasteiger partial charge in [0.05, 0.1) is 0 Å². The van der Waals surface area contributed by atoms with Crippen LogP contribution in [-0.4, -0.2) is 73.1 Å². The Hall–Kier alpha value is -0.120. The first-order chi connectivity index (χ1) is 8.19. The number of rotatable bonds is 4. The molecule has 1 atom stereocenters. The van der Waals surface area contributed by atoms with Crippen LogP contribution in [0, 0.1) is 5.92 Å². The minimum Gasteiger partial charge on any atom is -0.301 e. The van der Waals surface area contributed by atoms with E-state index in [1.807, 2.05) is 0 Å². The van der Waals surface area contributed by atoms with Gasteiger partial charge in [-0.1, -0.05) is 6.92 Å². The van der Waals surface area contributed by atoms with Gasteiger partial charge in [-0.15, -0.1) is 0 Å². The van der Waals surface area contributed by atoms with Crippen LogP contribution >= 0.6 is 0 Å². The van der Waals surface area contributed by atoms with Crippen LogP contribution in [0.1, 0.15) is 27.2 Å². The lowest BCUT2D eigenvalue weighted by Crippen LogP contribution is -2.47. The summed E-state index contributed by atoms with van der Waals surface area (Å²) >= 11 is 0. The average molecular weight is 239 g/mol. The standard InChI is InChI=1S/C14H29N3/c1-4-15-7-9-16(10-8-15)11-14-5-6-17(12-14)13(2)3/h13-14H,4-12H2,1-3H3/t14-/m1/s1. The summed E-state index contributed by atoms with van der Waals surface area (Å²) in [6, 6.07) is 0.733. The third kappa shape index (κ3) is 3.67. The van der Waals surface area contributed by atoms with Crippen LogP contribution in [0.15, 0.2) is 0 Å². The maximum absolute atomic E-state index is 2.68. The largest absolute Gasteiger partial charge is 0.301 e. The van der Waals surface area contributed by atoms with E-state index in [0.717, 1.165) is 12.0 Å². The molecule has 0 aromatic rings. The molecule has 100 valence electrons. The summed E-state index contributed by atoms with van der Waals surface area (Å²) in [5, 5.41) is 0. The predicted octanol–water partition coefficient (Wildman–Crippen LogP) is 1.35. The zero-order chi connectivity index (χ0) is 12.3. The van der Waals surface area contributed by atoms with Crippen LogP contribution in [0.3, 0.4) is 0 Å². The second kappa shape index (κ2) is 6.17. The van der Waals surface area contributed by atoms with E-state index in [4.69, 9.17) is 0 Å². The second-order valence-electron chi connectivity index (χ2n) is 5.98. The molecule has 0 unspecified atom stereocenters. The molecule has 0 amide bonds. The van der Waals surface area contributed by atoms with Crippen LogP contribution < -0.4 is 0 Å². The highest BCUT2D eigenvalue weighted by Gasteiger charge is 2.26. The quantitative estimate of drug-likeness (QED) is 0.733. The molecule has 0 aromatic carbocycles. The Bertz CT molecular complexity index is 222. The first kappa shape index (κ1) is 13.3. The van der Waals surface area contributed by atoms with Crippen LogP contribution in [0.25, 0.3) is 0 Å². The third-order valence-corrected chi connectivity index (χ3v) is 4.48. The third-order valence-electron chi connectivity index (χ3n) is 4.48. The molecule has 0 spiro atoms. The van der Waals surface area contributed by atoms with E-state index in [0.29, 0.717) is 0 Å². The van der Waals surface area contributed by atoms with Gasteiger partial charge in [0.2, 0.25) is 0 Å². The van der Waals surface area contributed by atoms with Gasteiger partial charge in [0, 0.05) is 45.3 Å². The smallest absolute Gasteiger partial charge is 0.0110 e. The highest BCUT2D eigenvalue weighted by Crippen LogP contribution is 2.20. The Labute approximate surface area is 107 Å². The fourth-order valence-corrected chi connectivity index (χ4v) is 3.13. The highest BCUT2D eigenvalue weighted by atomic mass is 15.3. The molecule has 3 nitrogen and oxygen atoms in total. The van der Waals surface area contributed by atoms with E-state index in [1.54, 1.807) is 0 Å². The Kier molecular flexibility index (Phi) is 4.83. The van der Waals surface area contributed by atoms with E-state index >= 15 is 0 Å². The van der Waals surface area contributed by atoms with Crippen LogP contribution in [-0.2, 0) is 0 Å². The van der Waals surface area contributed by atoms with Gasteiger partial charge < -0.3 is 14.7 Å². The summed E-state index contributed by atoms with van der Waals surface area (Å²) in [6.45, 7) is 17.2. The van der Waals surface area contributed by atoms with Gasteiger partial charge in [-0.2, -0.15) is 0 Å². The summed E-state index contributed by atoms with van der Waals surface area (Å²) in [4.78, 5) is 7.87. The minimum atomic E-state index is 0.733. The van der Waals surface area contributed by atoms with E-state index in [1.165, 1.54) is 58.8 Å². The van der Waals surface area contributed by atoms with Gasteiger partial charge in [-0.05, 0) is 39.3 Å². The maximum Gasteiger partial charge on any atom is 0.0110 e. The molecule has 17 heavy (non-hydrogen) atoms. The van der Waals surface area contributed by atoms with E-state index in [9.17, 15) is 0 Å². The number of piperazine rings is 1. The van der Waals surface area contributed by atoms with Gasteiger partial charge in [-0.25, -0.2) is 0 Å². The molecular weight excluding hydrogens is 210 g/mol. The Balaban J connectivity index is 1.69. The summed E-state index contributed by atoms with van der Waals surface area (Å²) in [5.41, 5.74) is 0. The molecule has 3 heteroatoms. The molecule has 0 bridgehead atoms. The molecule has 2 saturated heterocycles. The molecule has 0 aliphatic carbocycles. The zero-order valence-corrected chi connectivity index (χ0v) is 11.9. The van der Waals surface area contributed by atoms with Gasteiger partial charge in [0.25, 0.3) is 0 Å². The van der Waals surface area contributed by atoms with Gasteiger partial charge in [-0.3, -0.25) is 0 Å². The number of hydrogen-bond donors (Lipinski definition) is 0. The Morgan fingerprint density at radius 1 is 1.00 bits per heavy atom. The molecule has 0 radical (unpaired) electrons. The molecule has 2 rings (SSSR count). The van der Waals surface area contributed by atoms with Crippen molar-refractivity contribution in [2.75, 3.05) is 52.4 Å². The van der Waals surface area contributed by atoms with Crippen LogP contribution in [0.4, 0.5) is 0 Å². The fraction of sp³-hybridized carbons (Fsp3) is 1.00. The first-order valence-corrected chi connectivity index (χ1v) is 7.37. The van der Waals surface area contributed by atoms with Crippen molar-refractivity contribution in [3.63, 3.8) is 0 Å². The van der Waals surface area contributed by atoms with Crippen LogP contribution in [0.5, 0.6) is 0 Å². The summed E-state index contributed by atoms with van der Waals surface area (Å²) in [6.07, 6.45) is 1.41. The Morgan fingerprint density at radius 2 is 1.65 bits per heavy atom. The first-order valence-electron chi connectivity index (χ1n) is 7.37. The number of likely N-dealkylation sites (N-methyl/N-ethyl adjacent to an activating group) is 1. The monoisotopic (exact) mass is 239 g/mol. The van der Waals surface area contributed by atoms with Crippen molar-refractivity contribution in [1.82, 2.24) is 14.7 Å².